The molecule has 0 aromatic heterocycles. The Labute approximate surface area is 113 Å². The van der Waals surface area contributed by atoms with Gasteiger partial charge >= 0.3 is 8.56 Å². The summed E-state index contributed by atoms with van der Waals surface area (Å²) in [4.78, 5) is 0. The molecule has 1 fully saturated rings. The molecular formula is C14H30O3Si. The number of rotatable bonds is 8. The molecular weight excluding hydrogens is 244 g/mol. The Morgan fingerprint density at radius 3 is 1.89 bits per heavy atom. The monoisotopic (exact) mass is 274 g/mol. The summed E-state index contributed by atoms with van der Waals surface area (Å²) in [6.45, 7) is 14.7. The molecule has 0 N–H and O–H groups in total. The quantitative estimate of drug-likeness (QED) is 0.631. The molecule has 1 heterocycles. The maximum Gasteiger partial charge on any atom is 0.338 e. The van der Waals surface area contributed by atoms with Crippen LogP contribution in [-0.4, -0.2) is 34.0 Å². The van der Waals surface area contributed by atoms with Crippen LogP contribution in [0.1, 0.15) is 48.0 Å². The summed E-state index contributed by atoms with van der Waals surface area (Å²) < 4.78 is 17.8. The molecule has 0 saturated carbocycles. The summed E-state index contributed by atoms with van der Waals surface area (Å²) in [5, 5.41) is 0. The first kappa shape index (κ1) is 16.2. The molecule has 0 bridgehead atoms. The first-order valence-corrected chi connectivity index (χ1v) is 9.47. The van der Waals surface area contributed by atoms with Crippen LogP contribution in [0.3, 0.4) is 0 Å². The van der Waals surface area contributed by atoms with E-state index >= 15 is 0 Å². The molecule has 0 amide bonds. The molecule has 0 radical (unpaired) electrons. The van der Waals surface area contributed by atoms with Crippen LogP contribution in [0.2, 0.25) is 12.1 Å². The standard InChI is InChI=1S/C14H30O3Si/c1-7-18(16-12(2)3,17-13(4)5)9-8-14(6)10-15-11-14/h12-13H,7-11H2,1-6H3. The van der Waals surface area contributed by atoms with E-state index in [0.717, 1.165) is 31.7 Å². The van der Waals surface area contributed by atoms with E-state index in [4.69, 9.17) is 13.6 Å². The maximum atomic E-state index is 6.24. The SMILES string of the molecule is CC[Si](CCC1(C)COC1)(OC(C)C)OC(C)C. The van der Waals surface area contributed by atoms with Crippen molar-refractivity contribution in [3.63, 3.8) is 0 Å². The fraction of sp³-hybridized carbons (Fsp3) is 1.00. The van der Waals surface area contributed by atoms with E-state index in [1.54, 1.807) is 0 Å². The molecule has 1 saturated heterocycles. The first-order valence-electron chi connectivity index (χ1n) is 7.24. The topological polar surface area (TPSA) is 27.7 Å². The van der Waals surface area contributed by atoms with Gasteiger partial charge in [-0.05, 0) is 46.2 Å². The Hall–Kier alpha value is 0.0969. The minimum atomic E-state index is -2.04. The van der Waals surface area contributed by atoms with E-state index in [1.165, 1.54) is 0 Å². The molecule has 1 aliphatic heterocycles. The molecule has 0 aromatic rings. The molecule has 0 spiro atoms. The van der Waals surface area contributed by atoms with Gasteiger partial charge in [0.1, 0.15) is 0 Å². The highest BCUT2D eigenvalue weighted by Gasteiger charge is 2.42. The van der Waals surface area contributed by atoms with Gasteiger partial charge in [-0.3, -0.25) is 0 Å². The van der Waals surface area contributed by atoms with Crippen LogP contribution in [0.5, 0.6) is 0 Å². The minimum Gasteiger partial charge on any atom is -0.392 e. The third-order valence-electron chi connectivity index (χ3n) is 3.45. The highest BCUT2D eigenvalue weighted by Crippen LogP contribution is 2.36. The number of hydrogen-bond donors (Lipinski definition) is 0. The second kappa shape index (κ2) is 6.50. The molecule has 1 rings (SSSR count). The highest BCUT2D eigenvalue weighted by atomic mass is 28.4. The summed E-state index contributed by atoms with van der Waals surface area (Å²) in [7, 11) is -2.04. The van der Waals surface area contributed by atoms with Crippen LogP contribution >= 0.6 is 0 Å². The van der Waals surface area contributed by atoms with E-state index < -0.39 is 8.56 Å². The first-order chi connectivity index (χ1) is 8.31. The van der Waals surface area contributed by atoms with Crippen molar-refractivity contribution in [3.05, 3.63) is 0 Å². The van der Waals surface area contributed by atoms with E-state index in [9.17, 15) is 0 Å². The Morgan fingerprint density at radius 1 is 1.11 bits per heavy atom. The van der Waals surface area contributed by atoms with Gasteiger partial charge in [-0.25, -0.2) is 0 Å². The zero-order valence-electron chi connectivity index (χ0n) is 12.9. The van der Waals surface area contributed by atoms with Crippen molar-refractivity contribution < 1.29 is 13.6 Å². The van der Waals surface area contributed by atoms with Crippen molar-refractivity contribution in [1.29, 1.82) is 0 Å². The predicted molar refractivity (Wildman–Crippen MR) is 77.0 cm³/mol. The average molecular weight is 274 g/mol. The summed E-state index contributed by atoms with van der Waals surface area (Å²) in [5.41, 5.74) is 0.355. The highest BCUT2D eigenvalue weighted by molar-refractivity contribution is 6.67. The van der Waals surface area contributed by atoms with Gasteiger partial charge < -0.3 is 13.6 Å². The van der Waals surface area contributed by atoms with Crippen LogP contribution in [0.4, 0.5) is 0 Å². The lowest BCUT2D eigenvalue weighted by molar-refractivity contribution is -0.104. The average Bonchev–Trinajstić information content (AvgIpc) is 2.21. The Kier molecular flexibility index (Phi) is 5.84. The summed E-state index contributed by atoms with van der Waals surface area (Å²) in [5.74, 6) is 0. The third kappa shape index (κ3) is 4.65. The van der Waals surface area contributed by atoms with Gasteiger partial charge in [-0.1, -0.05) is 13.8 Å². The van der Waals surface area contributed by atoms with Gasteiger partial charge in [0.15, 0.2) is 0 Å². The minimum absolute atomic E-state index is 0.251. The molecule has 0 aromatic carbocycles. The van der Waals surface area contributed by atoms with E-state index in [1.807, 2.05) is 0 Å². The third-order valence-corrected chi connectivity index (χ3v) is 7.34. The zero-order chi connectivity index (χ0) is 13.8. The van der Waals surface area contributed by atoms with Crippen LogP contribution in [0.15, 0.2) is 0 Å². The second-order valence-electron chi connectivity index (χ2n) is 6.40. The maximum absolute atomic E-state index is 6.24. The Balaban J connectivity index is 2.61. The summed E-state index contributed by atoms with van der Waals surface area (Å²) in [6.07, 6.45) is 1.66. The normalized spacial score (nSPS) is 19.3. The molecule has 3 nitrogen and oxygen atoms in total. The van der Waals surface area contributed by atoms with Crippen molar-refractivity contribution in [2.45, 2.75) is 72.3 Å². The molecule has 108 valence electrons. The van der Waals surface area contributed by atoms with Gasteiger partial charge in [0.2, 0.25) is 0 Å². The van der Waals surface area contributed by atoms with Crippen LogP contribution < -0.4 is 0 Å². The van der Waals surface area contributed by atoms with Gasteiger partial charge in [-0.15, -0.1) is 0 Å². The molecule has 0 atom stereocenters. The number of ether oxygens (including phenoxy) is 1. The summed E-state index contributed by atoms with van der Waals surface area (Å²) in [6, 6.07) is 2.11. The fourth-order valence-corrected chi connectivity index (χ4v) is 6.12. The van der Waals surface area contributed by atoms with Crippen molar-refractivity contribution in [2.24, 2.45) is 5.41 Å². The van der Waals surface area contributed by atoms with Crippen molar-refractivity contribution in [2.75, 3.05) is 13.2 Å². The molecule has 18 heavy (non-hydrogen) atoms. The lowest BCUT2D eigenvalue weighted by Gasteiger charge is -2.41. The second-order valence-corrected chi connectivity index (χ2v) is 9.90. The Morgan fingerprint density at radius 2 is 1.61 bits per heavy atom. The smallest absolute Gasteiger partial charge is 0.338 e. The lowest BCUT2D eigenvalue weighted by Crippen LogP contribution is -2.48. The summed E-state index contributed by atoms with van der Waals surface area (Å²) >= 11 is 0. The molecule has 0 unspecified atom stereocenters. The van der Waals surface area contributed by atoms with E-state index in [-0.39, 0.29) is 12.2 Å². The van der Waals surface area contributed by atoms with Crippen molar-refractivity contribution >= 4 is 8.56 Å². The van der Waals surface area contributed by atoms with Crippen LogP contribution in [0.25, 0.3) is 0 Å². The molecule has 1 aliphatic rings. The van der Waals surface area contributed by atoms with Crippen LogP contribution in [0, 0.1) is 5.41 Å². The van der Waals surface area contributed by atoms with Gasteiger partial charge in [0, 0.05) is 17.6 Å². The van der Waals surface area contributed by atoms with Crippen molar-refractivity contribution in [3.8, 4) is 0 Å². The Bertz CT molecular complexity index is 239. The van der Waals surface area contributed by atoms with Gasteiger partial charge in [0.25, 0.3) is 0 Å². The number of hydrogen-bond acceptors (Lipinski definition) is 3. The van der Waals surface area contributed by atoms with Crippen LogP contribution in [-0.2, 0) is 13.6 Å². The zero-order valence-corrected chi connectivity index (χ0v) is 13.9. The fourth-order valence-electron chi connectivity index (χ4n) is 2.44. The molecule has 0 aliphatic carbocycles. The lowest BCUT2D eigenvalue weighted by atomic mass is 9.86. The van der Waals surface area contributed by atoms with Gasteiger partial charge in [-0.2, -0.15) is 0 Å². The van der Waals surface area contributed by atoms with E-state index in [2.05, 4.69) is 41.5 Å². The van der Waals surface area contributed by atoms with Crippen molar-refractivity contribution in [1.82, 2.24) is 0 Å². The molecule has 4 heteroatoms. The largest absolute Gasteiger partial charge is 0.392 e. The van der Waals surface area contributed by atoms with E-state index in [0.29, 0.717) is 5.41 Å². The predicted octanol–water partition coefficient (Wildman–Crippen LogP) is 3.73. The van der Waals surface area contributed by atoms with Gasteiger partial charge in [0.05, 0.1) is 13.2 Å².